The van der Waals surface area contributed by atoms with Crippen LogP contribution >= 0.6 is 11.8 Å². The molecule has 36 nitrogen and oxygen atoms in total. The zero-order valence-corrected chi connectivity index (χ0v) is 71.7. The van der Waals surface area contributed by atoms with E-state index in [4.69, 9.17) is 5.73 Å². The summed E-state index contributed by atoms with van der Waals surface area (Å²) in [5, 5.41) is 81.4. The smallest absolute Gasteiger partial charge is 0.303 e. The summed E-state index contributed by atoms with van der Waals surface area (Å²) in [5.41, 5.74) is 10.5. The van der Waals surface area contributed by atoms with Gasteiger partial charge in [-0.25, -0.2) is 0 Å². The van der Waals surface area contributed by atoms with Gasteiger partial charge in [-0.15, -0.1) is 11.8 Å². The van der Waals surface area contributed by atoms with E-state index in [1.54, 1.807) is 109 Å². The van der Waals surface area contributed by atoms with Gasteiger partial charge in [0.25, 0.3) is 0 Å². The topological polar surface area (TPSA) is 542 Å². The maximum Gasteiger partial charge on any atom is 0.303 e. The van der Waals surface area contributed by atoms with Crippen LogP contribution in [0.15, 0.2) is 170 Å². The van der Waals surface area contributed by atoms with Gasteiger partial charge >= 0.3 is 5.97 Å². The molecule has 8 rings (SSSR count). The standard InChI is InChI=1S/C89H111N15O21S/c1-50(2)74-84(120)96-66(46-105)81(117)100-76(53(5)108)86(122)101-75(52(4)107)85(121)95-65(43-57-32-36-61(37-33-57)59-27-18-11-19-28-59)88(124)103(7)70(44-55-23-14-9-15-24-55)83(119)94-64(42-56-30-34-60(35-31-56)58-25-16-10-17-26-58)87(123)102(6)51(3)77(113)93-62(38-39-73(111)112)79(115)97-67(47-106)89(125)104-40-20-29-69(104)82(118)98-68(78(114)91-45-71(90)109)48-126-49-72(110)92-63(80(116)99-74)41-54-21-12-8-13-22-54/h8-19,21-28,30-37,50-53,62-70,74-76,105-108H,20,29,38-49H2,1-7H3,(H2,90,109)(H,91,114)(H,92,110)(H,93,113)(H,94,119)(H,95,121)(H,96,120)(H,97,115)(H,98,118)(H,99,116)(H,100,117)(H,101,122)(H,111,112)/t51-,52+,53+,62-,63-,64-,65-,66-,67-,68-,69-,70-,74?,75-,76-/m0/s1. The van der Waals surface area contributed by atoms with Crippen molar-refractivity contribution in [2.24, 2.45) is 11.7 Å². The second-order valence-corrected chi connectivity index (χ2v) is 32.4. The van der Waals surface area contributed by atoms with E-state index in [-0.39, 0.29) is 45.1 Å². The van der Waals surface area contributed by atoms with E-state index in [1.807, 2.05) is 60.7 Å². The molecule has 37 heteroatoms. The monoisotopic (exact) mass is 1760 g/mol. The summed E-state index contributed by atoms with van der Waals surface area (Å²) in [6, 6.07) is 27.1. The minimum Gasteiger partial charge on any atom is -0.481 e. The van der Waals surface area contributed by atoms with Gasteiger partial charge in [0, 0.05) is 58.5 Å². The van der Waals surface area contributed by atoms with Crippen LogP contribution in [-0.2, 0) is 102 Å². The normalized spacial score (nSPS) is 24.0. The van der Waals surface area contributed by atoms with E-state index in [0.29, 0.717) is 22.3 Å². The van der Waals surface area contributed by atoms with Gasteiger partial charge in [0.1, 0.15) is 78.5 Å². The zero-order valence-electron chi connectivity index (χ0n) is 70.9. The first kappa shape index (κ1) is 98.5. The SMILES string of the molecule is CC(C)C1NC(=O)[C@H](Cc2ccccc2)NC(=O)CSC[C@@H](C(=O)NCC(N)=O)NC(=O)[C@@H]2CCCN2C(=O)[C@H](CO)NC(=O)[C@H](CCC(=O)O)NC(=O)[C@H](C)N(C)C(=O)[C@H](Cc2ccc(-c3ccccc3)cc2)NC(=O)[C@H](Cc2ccccc2)N(C)C(=O)[C@H](Cc2ccc(-c3ccccc3)cc2)NC(=O)[C@H]([C@@H](C)O)NC(=O)[C@H]([C@@H](C)O)NC(=O)[C@H](CO)NC1=O. The summed E-state index contributed by atoms with van der Waals surface area (Å²) in [4.78, 5) is 233. The molecule has 2 saturated heterocycles. The highest BCUT2D eigenvalue weighted by molar-refractivity contribution is 8.00. The summed E-state index contributed by atoms with van der Waals surface area (Å²) in [5.74, 6) is -18.8. The Balaban J connectivity index is 1.18. The van der Waals surface area contributed by atoms with Crippen molar-refractivity contribution in [3.63, 3.8) is 0 Å². The quantitative estimate of drug-likeness (QED) is 0.0387. The van der Waals surface area contributed by atoms with Crippen molar-refractivity contribution in [1.82, 2.24) is 73.2 Å². The first-order valence-electron chi connectivity index (χ1n) is 41.2. The van der Waals surface area contributed by atoms with Crippen LogP contribution in [0.5, 0.6) is 0 Å². The number of likely N-dealkylation sites (N-methyl/N-ethyl adjacent to an activating group) is 2. The Bertz CT molecular complexity index is 4790. The van der Waals surface area contributed by atoms with Gasteiger partial charge < -0.3 is 104 Å². The molecule has 2 fully saturated rings. The van der Waals surface area contributed by atoms with Crippen LogP contribution in [0.1, 0.15) is 82.6 Å². The molecule has 0 saturated carbocycles. The number of fused-ring (bicyclic) bond motifs is 1. The number of nitrogens with one attached hydrogen (secondary N) is 11. The Morgan fingerprint density at radius 1 is 0.452 bits per heavy atom. The summed E-state index contributed by atoms with van der Waals surface area (Å²) in [6.45, 7) is 3.38. The molecule has 2 heterocycles. The lowest BCUT2D eigenvalue weighted by molar-refractivity contribution is -0.145. The Hall–Kier alpha value is -13.0. The van der Waals surface area contributed by atoms with Gasteiger partial charge in [0.05, 0.1) is 37.7 Å². The molecule has 0 aromatic heterocycles. The number of carboxylic acids is 1. The number of nitrogens with two attached hydrogens (primary N) is 1. The molecule has 15 amide bonds. The molecular weight excluding hydrogens is 1650 g/mol. The number of hydrogen-bond acceptors (Lipinski definition) is 21. The third kappa shape index (κ3) is 28.5. The average Bonchev–Trinajstić information content (AvgIpc) is 1.32. The van der Waals surface area contributed by atoms with Crippen molar-refractivity contribution < 1.29 is 102 Å². The van der Waals surface area contributed by atoms with Crippen molar-refractivity contribution in [3.05, 3.63) is 192 Å². The highest BCUT2D eigenvalue weighted by Gasteiger charge is 2.44. The molecule has 1 unspecified atom stereocenters. The van der Waals surface area contributed by atoms with Crippen LogP contribution in [0, 0.1) is 5.92 Å². The molecule has 0 radical (unpaired) electrons. The molecular formula is C89H111N15O21S. The predicted octanol–water partition coefficient (Wildman–Crippen LogP) is -1.58. The van der Waals surface area contributed by atoms with Gasteiger partial charge in [-0.05, 0) is 90.5 Å². The number of thioether (sulfide) groups is 1. The van der Waals surface area contributed by atoms with Crippen LogP contribution in [0.25, 0.3) is 22.3 Å². The molecule has 15 atom stereocenters. The molecule has 126 heavy (non-hydrogen) atoms. The number of aliphatic hydroxyl groups is 4. The largest absolute Gasteiger partial charge is 0.481 e. The first-order valence-corrected chi connectivity index (χ1v) is 42.4. The third-order valence-electron chi connectivity index (χ3n) is 21.6. The lowest BCUT2D eigenvalue weighted by Crippen LogP contribution is -2.64. The lowest BCUT2D eigenvalue weighted by Gasteiger charge is -2.34. The lowest BCUT2D eigenvalue weighted by atomic mass is 9.97. The van der Waals surface area contributed by atoms with Crippen LogP contribution in [0.4, 0.5) is 0 Å². The first-order chi connectivity index (χ1) is 60.0. The van der Waals surface area contributed by atoms with E-state index in [1.165, 1.54) is 34.9 Å². The van der Waals surface area contributed by atoms with Crippen LogP contribution in [0.3, 0.4) is 0 Å². The number of aliphatic carboxylic acids is 1. The summed E-state index contributed by atoms with van der Waals surface area (Å²) in [7, 11) is 2.49. The van der Waals surface area contributed by atoms with Crippen molar-refractivity contribution in [2.75, 3.05) is 51.9 Å². The van der Waals surface area contributed by atoms with Crippen molar-refractivity contribution >= 4 is 106 Å². The Kier molecular flexibility index (Phi) is 37.3. The number of amides is 15. The minimum atomic E-state index is -2.03. The molecule has 0 bridgehead atoms. The Labute approximate surface area is 732 Å². The molecule has 0 spiro atoms. The third-order valence-corrected chi connectivity index (χ3v) is 22.6. The van der Waals surface area contributed by atoms with Gasteiger partial charge in [0.2, 0.25) is 88.6 Å². The molecule has 0 aliphatic carbocycles. The maximum atomic E-state index is 15.8. The van der Waals surface area contributed by atoms with E-state index < -0.39 is 235 Å². The molecule has 674 valence electrons. The number of rotatable bonds is 21. The van der Waals surface area contributed by atoms with E-state index in [9.17, 15) is 83.1 Å². The number of hydrogen-bond donors (Lipinski definition) is 17. The molecule has 18 N–H and O–H groups in total. The van der Waals surface area contributed by atoms with Crippen molar-refractivity contribution in [1.29, 1.82) is 0 Å². The van der Waals surface area contributed by atoms with Gasteiger partial charge in [-0.3, -0.25) is 76.7 Å². The number of carbonyl (C=O) groups excluding carboxylic acids is 15. The second-order valence-electron chi connectivity index (χ2n) is 31.4. The fraction of sp³-hybridized carbons (Fsp3) is 0.416. The fourth-order valence-electron chi connectivity index (χ4n) is 14.2. The predicted molar refractivity (Wildman–Crippen MR) is 463 cm³/mol. The summed E-state index contributed by atoms with van der Waals surface area (Å²) >= 11 is 0.766. The van der Waals surface area contributed by atoms with E-state index >= 15 is 19.2 Å². The van der Waals surface area contributed by atoms with Gasteiger partial charge in [-0.1, -0.05) is 184 Å². The number of carbonyl (C=O) groups is 16. The average molecular weight is 1760 g/mol. The van der Waals surface area contributed by atoms with Crippen LogP contribution in [-0.4, -0.2) is 277 Å². The molecule has 2 aliphatic rings. The van der Waals surface area contributed by atoms with Gasteiger partial charge in [0.15, 0.2) is 0 Å². The Morgan fingerprint density at radius 2 is 0.865 bits per heavy atom. The number of benzene rings is 6. The highest BCUT2D eigenvalue weighted by Crippen LogP contribution is 2.25. The van der Waals surface area contributed by atoms with Gasteiger partial charge in [-0.2, -0.15) is 0 Å². The van der Waals surface area contributed by atoms with Crippen LogP contribution < -0.4 is 64.2 Å². The molecule has 2 aliphatic heterocycles. The fourth-order valence-corrected chi connectivity index (χ4v) is 15.1. The molecule has 6 aromatic rings. The maximum absolute atomic E-state index is 15.8. The number of aliphatic hydroxyl groups excluding tert-OH is 4. The van der Waals surface area contributed by atoms with E-state index in [0.717, 1.165) is 62.6 Å². The van der Waals surface area contributed by atoms with E-state index in [2.05, 4.69) is 58.5 Å². The Morgan fingerprint density at radius 3 is 1.37 bits per heavy atom. The highest BCUT2D eigenvalue weighted by atomic mass is 32.2. The van der Waals surface area contributed by atoms with Crippen molar-refractivity contribution in [3.8, 4) is 22.3 Å². The second kappa shape index (κ2) is 47.8. The zero-order chi connectivity index (χ0) is 92.0. The summed E-state index contributed by atoms with van der Waals surface area (Å²) in [6.07, 6.45) is -5.97. The molecule has 6 aromatic carbocycles. The minimum absolute atomic E-state index is 0.0432. The number of nitrogens with zero attached hydrogens (tertiary/aromatic N) is 3. The summed E-state index contributed by atoms with van der Waals surface area (Å²) < 4.78 is 0. The van der Waals surface area contributed by atoms with Crippen LogP contribution in [0.2, 0.25) is 0 Å². The number of primary amides is 1. The number of carboxylic acid groups (broad SMARTS) is 1. The van der Waals surface area contributed by atoms with Crippen molar-refractivity contribution in [2.45, 2.75) is 177 Å².